The molecule has 0 saturated carbocycles. The van der Waals surface area contributed by atoms with Gasteiger partial charge in [0, 0.05) is 11.1 Å². The highest BCUT2D eigenvalue weighted by Crippen LogP contribution is 2.60. The van der Waals surface area contributed by atoms with Gasteiger partial charge in [0.25, 0.3) is 11.4 Å². The maximum atomic E-state index is 13.3. The molecule has 0 amide bonds. The number of ether oxygens (including phenoxy) is 2. The summed E-state index contributed by atoms with van der Waals surface area (Å²) in [4.78, 5) is 10.5. The summed E-state index contributed by atoms with van der Waals surface area (Å²) in [5.74, 6) is -2.53. The van der Waals surface area contributed by atoms with Crippen LogP contribution in [0.25, 0.3) is 59.1 Å². The Morgan fingerprint density at radius 3 is 1.33 bits per heavy atom. The van der Waals surface area contributed by atoms with Gasteiger partial charge >= 0.3 is 12.7 Å². The highest BCUT2D eigenvalue weighted by molar-refractivity contribution is 6.37. The monoisotopic (exact) mass is 726 g/mol. The number of alkyl halides is 6. The molecule has 0 spiro atoms. The molecule has 0 saturated heterocycles. The number of allylic oxidation sites excluding steroid dienone is 6. The van der Waals surface area contributed by atoms with Crippen molar-refractivity contribution in [1.29, 1.82) is 15.8 Å². The lowest BCUT2D eigenvalue weighted by molar-refractivity contribution is -0.276. The maximum Gasteiger partial charge on any atom is 0.573 e. The summed E-state index contributed by atoms with van der Waals surface area (Å²) in [5.41, 5.74) is 3.45. The summed E-state index contributed by atoms with van der Waals surface area (Å²) in [6.45, 7) is 26.8. The van der Waals surface area contributed by atoms with Gasteiger partial charge in [-0.2, -0.15) is 5.26 Å². The predicted octanol–water partition coefficient (Wildman–Crippen LogP) is 11.1. The summed E-state index contributed by atoms with van der Waals surface area (Å²) in [5, 5.41) is 29.7. The quantitative estimate of drug-likeness (QED) is 0.118. The lowest BCUT2D eigenvalue weighted by Crippen LogP contribution is -2.20. The van der Waals surface area contributed by atoms with Crippen molar-refractivity contribution in [2.45, 2.75) is 26.6 Å². The van der Waals surface area contributed by atoms with Gasteiger partial charge in [-0.3, -0.25) is 0 Å². The van der Waals surface area contributed by atoms with E-state index >= 15 is 0 Å². The molecular formula is C40H16F6N6O2. The second-order valence-corrected chi connectivity index (χ2v) is 11.8. The van der Waals surface area contributed by atoms with E-state index in [0.717, 1.165) is 16.7 Å². The lowest BCUT2D eigenvalue weighted by Gasteiger charge is -2.18. The van der Waals surface area contributed by atoms with E-state index in [-0.39, 0.29) is 33.5 Å². The zero-order valence-corrected chi connectivity index (χ0v) is 27.5. The lowest BCUT2D eigenvalue weighted by atomic mass is 9.88. The zero-order chi connectivity index (χ0) is 39.3. The van der Waals surface area contributed by atoms with Crippen molar-refractivity contribution in [3.05, 3.63) is 145 Å². The minimum Gasteiger partial charge on any atom is -0.404 e. The van der Waals surface area contributed by atoms with E-state index in [2.05, 4.69) is 24.0 Å². The molecule has 0 heterocycles. The molecule has 0 unspecified atom stereocenters. The van der Waals surface area contributed by atoms with Crippen LogP contribution in [0.2, 0.25) is 0 Å². The van der Waals surface area contributed by atoms with E-state index in [1.807, 2.05) is 24.3 Å². The second-order valence-electron chi connectivity index (χ2n) is 11.8. The van der Waals surface area contributed by atoms with Gasteiger partial charge in [0.2, 0.25) is 0 Å². The van der Waals surface area contributed by atoms with Gasteiger partial charge in [-0.05, 0) is 105 Å². The Morgan fingerprint density at radius 2 is 1.00 bits per heavy atom. The van der Waals surface area contributed by atoms with Gasteiger partial charge in [-0.15, -0.1) is 26.3 Å². The number of fused-ring (bicyclic) bond motifs is 4. The van der Waals surface area contributed by atoms with Crippen molar-refractivity contribution in [2.24, 2.45) is 0 Å². The van der Waals surface area contributed by atoms with Crippen LogP contribution < -0.4 is 9.47 Å². The van der Waals surface area contributed by atoms with Crippen LogP contribution in [0, 0.1) is 67.6 Å². The Bertz CT molecular complexity index is 2640. The van der Waals surface area contributed by atoms with E-state index in [1.54, 1.807) is 32.0 Å². The molecule has 260 valence electrons. The highest BCUT2D eigenvalue weighted by Gasteiger charge is 2.41. The van der Waals surface area contributed by atoms with Gasteiger partial charge in [-0.25, -0.2) is 25.1 Å². The third-order valence-electron chi connectivity index (χ3n) is 8.67. The molecule has 0 radical (unpaired) electrons. The van der Waals surface area contributed by atoms with Crippen molar-refractivity contribution in [3.8, 4) is 52.0 Å². The molecule has 0 fully saturated rings. The fraction of sp³-hybridized carbons (Fsp3) is 0.100. The Balaban J connectivity index is 1.61. The number of hydrogen-bond acceptors (Lipinski definition) is 5. The summed E-state index contributed by atoms with van der Waals surface area (Å²) >= 11 is 0. The van der Waals surface area contributed by atoms with E-state index in [9.17, 15) is 42.1 Å². The number of halogens is 6. The van der Waals surface area contributed by atoms with Crippen LogP contribution in [0.5, 0.6) is 11.5 Å². The van der Waals surface area contributed by atoms with Crippen molar-refractivity contribution in [3.63, 3.8) is 0 Å². The molecule has 0 bridgehead atoms. The van der Waals surface area contributed by atoms with Crippen molar-refractivity contribution in [1.82, 2.24) is 0 Å². The van der Waals surface area contributed by atoms with Gasteiger partial charge in [0.15, 0.2) is 17.2 Å². The first-order chi connectivity index (χ1) is 25.6. The Morgan fingerprint density at radius 1 is 0.593 bits per heavy atom. The molecule has 6 rings (SSSR count). The van der Waals surface area contributed by atoms with Gasteiger partial charge < -0.3 is 9.47 Å². The molecule has 0 aliphatic heterocycles. The number of hydrogen-bond donors (Lipinski definition) is 0. The van der Waals surface area contributed by atoms with Crippen LogP contribution in [0.15, 0.2) is 72.1 Å². The largest absolute Gasteiger partial charge is 0.573 e. The summed E-state index contributed by atoms with van der Waals surface area (Å²) < 4.78 is 87.8. The van der Waals surface area contributed by atoms with Crippen molar-refractivity contribution >= 4 is 28.0 Å². The Kier molecular flexibility index (Phi) is 8.73. The summed E-state index contributed by atoms with van der Waals surface area (Å²) in [7, 11) is 0. The first kappa shape index (κ1) is 36.0. The fourth-order valence-electron chi connectivity index (χ4n) is 6.70. The predicted molar refractivity (Wildman–Crippen MR) is 183 cm³/mol. The molecular weight excluding hydrogens is 710 g/mol. The van der Waals surface area contributed by atoms with Crippen LogP contribution in [-0.4, -0.2) is 12.7 Å². The van der Waals surface area contributed by atoms with Crippen LogP contribution >= 0.6 is 0 Å². The molecule has 14 heteroatoms. The number of aryl methyl sites for hydroxylation is 2. The van der Waals surface area contributed by atoms with E-state index in [1.165, 1.54) is 24.3 Å². The Labute approximate surface area is 303 Å². The molecule has 0 N–H and O–H groups in total. The second kappa shape index (κ2) is 13.1. The third kappa shape index (κ3) is 6.12. The van der Waals surface area contributed by atoms with E-state index < -0.39 is 35.5 Å². The molecule has 0 aromatic heterocycles. The molecule has 8 nitrogen and oxygen atoms in total. The fourth-order valence-corrected chi connectivity index (χ4v) is 6.70. The minimum atomic E-state index is -5.40. The van der Waals surface area contributed by atoms with Crippen LogP contribution in [0.1, 0.15) is 38.9 Å². The van der Waals surface area contributed by atoms with Crippen molar-refractivity contribution < 1.29 is 35.8 Å². The summed E-state index contributed by atoms with van der Waals surface area (Å²) in [6, 6.07) is 19.4. The van der Waals surface area contributed by atoms with Crippen LogP contribution in [0.4, 0.5) is 32.0 Å². The normalized spacial score (nSPS) is 14.6. The number of nitrogens with zero attached hydrogens (tertiary/aromatic N) is 6. The average Bonchev–Trinajstić information content (AvgIpc) is 3.60. The third-order valence-corrected chi connectivity index (χ3v) is 8.67. The maximum absolute atomic E-state index is 13.3. The first-order valence-corrected chi connectivity index (χ1v) is 15.2. The topological polar surface area (TPSA) is 103 Å². The average molecular weight is 727 g/mol. The molecule has 54 heavy (non-hydrogen) atoms. The zero-order valence-electron chi connectivity index (χ0n) is 27.5. The minimum absolute atomic E-state index is 0.0152. The number of nitriles is 3. The molecule has 2 aliphatic rings. The molecule has 0 atom stereocenters. The standard InChI is InChI=1S/C40H16F6N6O2/c1-19-10-23(11-20(2)38(19)52-5)21-6-8-25-27(12-21)34(30(17-48)50-3)37-26-9-7-22(13-28(26)35(36(25)37)31(18-49)51-4)24-14-32(53-39(41,42)43)29(16-47)33(15-24)54-40(44,45)46/h6-15H,1-2H3/b34-30+,35-31-. The Hall–Kier alpha value is -7.78. The van der Waals surface area contributed by atoms with Crippen molar-refractivity contribution in [2.75, 3.05) is 0 Å². The SMILES string of the molecule is [C-]#[N+]/C(C#N)=C1C2=C(/C(=C(\C#N)[N+]#[C-])c3cc(-c4cc(C)c([N+]#[C-])c(C)c4)ccc32)c2ccc(-c3cc(OC(F)(F)F)c(C#N)c(OC(F)(F)F)c3)cc2\1. The molecule has 4 aromatic carbocycles. The van der Waals surface area contributed by atoms with E-state index in [4.69, 9.17) is 19.7 Å². The number of benzene rings is 4. The van der Waals surface area contributed by atoms with Gasteiger partial charge in [0.1, 0.15) is 11.6 Å². The highest BCUT2D eigenvalue weighted by atomic mass is 19.4. The van der Waals surface area contributed by atoms with Gasteiger partial charge in [0.05, 0.1) is 31.9 Å². The van der Waals surface area contributed by atoms with Crippen LogP contribution in [-0.2, 0) is 0 Å². The number of rotatable bonds is 4. The van der Waals surface area contributed by atoms with Gasteiger partial charge in [-0.1, -0.05) is 36.4 Å². The molecule has 4 aromatic rings. The first-order valence-electron chi connectivity index (χ1n) is 15.2. The van der Waals surface area contributed by atoms with Crippen LogP contribution in [0.3, 0.4) is 0 Å². The van der Waals surface area contributed by atoms with E-state index in [0.29, 0.717) is 51.2 Å². The smallest absolute Gasteiger partial charge is 0.404 e. The molecule has 2 aliphatic carbocycles. The summed E-state index contributed by atoms with van der Waals surface area (Å²) in [6.07, 6.45) is -10.8.